The number of aromatic hydroxyl groups is 1. The summed E-state index contributed by atoms with van der Waals surface area (Å²) in [6, 6.07) is 5.31. The van der Waals surface area contributed by atoms with Gasteiger partial charge < -0.3 is 25.2 Å². The van der Waals surface area contributed by atoms with Crippen molar-refractivity contribution in [3.05, 3.63) is 23.8 Å². The molecule has 1 heterocycles. The standard InChI is InChI=1S/C16H25N3O3.HI/c1-3-17-16(19-11-13-5-4-8-22-13)18-10-12-6-7-15(21-2)14(20)9-12;/h6-7,9,13,20H,3-5,8,10-11H2,1-2H3,(H2,17,18,19);1H. The van der Waals surface area contributed by atoms with Gasteiger partial charge in [0.25, 0.3) is 0 Å². The third kappa shape index (κ3) is 6.42. The molecule has 1 unspecified atom stereocenters. The monoisotopic (exact) mass is 435 g/mol. The minimum absolute atomic E-state index is 0. The summed E-state index contributed by atoms with van der Waals surface area (Å²) >= 11 is 0. The quantitative estimate of drug-likeness (QED) is 0.363. The van der Waals surface area contributed by atoms with Gasteiger partial charge in [-0.25, -0.2) is 4.99 Å². The van der Waals surface area contributed by atoms with E-state index in [2.05, 4.69) is 15.6 Å². The molecule has 3 N–H and O–H groups in total. The number of hydrogen-bond donors (Lipinski definition) is 3. The van der Waals surface area contributed by atoms with Gasteiger partial charge in [0, 0.05) is 19.7 Å². The van der Waals surface area contributed by atoms with Gasteiger partial charge >= 0.3 is 0 Å². The van der Waals surface area contributed by atoms with E-state index >= 15 is 0 Å². The van der Waals surface area contributed by atoms with Crippen molar-refractivity contribution >= 4 is 29.9 Å². The number of nitrogens with zero attached hydrogens (tertiary/aromatic N) is 1. The minimum Gasteiger partial charge on any atom is -0.504 e. The molecule has 130 valence electrons. The Morgan fingerprint density at radius 3 is 2.87 bits per heavy atom. The van der Waals surface area contributed by atoms with Crippen molar-refractivity contribution in [1.82, 2.24) is 10.6 Å². The number of halogens is 1. The number of nitrogens with one attached hydrogen (secondary N) is 2. The zero-order chi connectivity index (χ0) is 15.8. The highest BCUT2D eigenvalue weighted by atomic mass is 127. The van der Waals surface area contributed by atoms with Crippen LogP contribution < -0.4 is 15.4 Å². The predicted octanol–water partition coefficient (Wildman–Crippen LogP) is 2.25. The molecule has 1 aromatic carbocycles. The van der Waals surface area contributed by atoms with Gasteiger partial charge in [0.05, 0.1) is 19.8 Å². The summed E-state index contributed by atoms with van der Waals surface area (Å²) in [5.74, 6) is 1.36. The van der Waals surface area contributed by atoms with Gasteiger partial charge in [-0.3, -0.25) is 0 Å². The minimum atomic E-state index is 0. The molecule has 2 rings (SSSR count). The molecule has 1 aliphatic heterocycles. The van der Waals surface area contributed by atoms with Crippen LogP contribution in [0.3, 0.4) is 0 Å². The predicted molar refractivity (Wildman–Crippen MR) is 102 cm³/mol. The summed E-state index contributed by atoms with van der Waals surface area (Å²) in [7, 11) is 1.53. The van der Waals surface area contributed by atoms with E-state index in [4.69, 9.17) is 9.47 Å². The van der Waals surface area contributed by atoms with Crippen molar-refractivity contribution in [2.45, 2.75) is 32.4 Å². The van der Waals surface area contributed by atoms with E-state index in [0.717, 1.165) is 44.1 Å². The number of methoxy groups -OCH3 is 1. The van der Waals surface area contributed by atoms with Gasteiger partial charge in [-0.15, -0.1) is 24.0 Å². The Balaban J connectivity index is 0.00000264. The molecular formula is C16H26IN3O3. The summed E-state index contributed by atoms with van der Waals surface area (Å²) in [5, 5.41) is 16.3. The molecule has 1 atom stereocenters. The number of ether oxygens (including phenoxy) is 2. The van der Waals surface area contributed by atoms with E-state index in [-0.39, 0.29) is 35.8 Å². The first-order valence-corrected chi connectivity index (χ1v) is 7.72. The number of phenols is 1. The maximum Gasteiger partial charge on any atom is 0.191 e. The van der Waals surface area contributed by atoms with Crippen molar-refractivity contribution in [2.75, 3.05) is 26.8 Å². The molecule has 0 bridgehead atoms. The second-order valence-electron chi connectivity index (χ2n) is 5.22. The van der Waals surface area contributed by atoms with Crippen LogP contribution in [0.4, 0.5) is 0 Å². The van der Waals surface area contributed by atoms with E-state index in [1.54, 1.807) is 12.1 Å². The third-order valence-electron chi connectivity index (χ3n) is 3.53. The average molecular weight is 435 g/mol. The van der Waals surface area contributed by atoms with Gasteiger partial charge in [-0.1, -0.05) is 6.07 Å². The Morgan fingerprint density at radius 1 is 1.43 bits per heavy atom. The number of hydrogen-bond acceptors (Lipinski definition) is 4. The van der Waals surface area contributed by atoms with E-state index in [0.29, 0.717) is 12.3 Å². The van der Waals surface area contributed by atoms with E-state index in [1.807, 2.05) is 13.0 Å². The Hall–Kier alpha value is -1.22. The molecule has 0 spiro atoms. The number of aliphatic imine (C=N–C) groups is 1. The average Bonchev–Trinajstić information content (AvgIpc) is 3.03. The Morgan fingerprint density at radius 2 is 2.26 bits per heavy atom. The Kier molecular flexibility index (Phi) is 9.08. The normalized spacial score (nSPS) is 17.5. The molecule has 0 aromatic heterocycles. The van der Waals surface area contributed by atoms with Crippen LogP contribution in [-0.4, -0.2) is 44.0 Å². The van der Waals surface area contributed by atoms with Gasteiger partial charge in [0.2, 0.25) is 0 Å². The molecule has 0 aliphatic carbocycles. The number of benzene rings is 1. The fourth-order valence-corrected chi connectivity index (χ4v) is 2.36. The van der Waals surface area contributed by atoms with Crippen molar-refractivity contribution in [3.63, 3.8) is 0 Å². The first-order valence-electron chi connectivity index (χ1n) is 7.72. The topological polar surface area (TPSA) is 75.1 Å². The number of guanidine groups is 1. The maximum absolute atomic E-state index is 9.79. The molecule has 23 heavy (non-hydrogen) atoms. The van der Waals surface area contributed by atoms with E-state index in [9.17, 15) is 5.11 Å². The van der Waals surface area contributed by atoms with E-state index in [1.165, 1.54) is 7.11 Å². The summed E-state index contributed by atoms with van der Waals surface area (Å²) in [5.41, 5.74) is 0.924. The van der Waals surface area contributed by atoms with Crippen molar-refractivity contribution in [1.29, 1.82) is 0 Å². The molecule has 1 saturated heterocycles. The molecule has 0 radical (unpaired) electrons. The fourth-order valence-electron chi connectivity index (χ4n) is 2.36. The highest BCUT2D eigenvalue weighted by Gasteiger charge is 2.15. The second kappa shape index (κ2) is 10.5. The van der Waals surface area contributed by atoms with Crippen LogP contribution in [0.2, 0.25) is 0 Å². The first kappa shape index (κ1) is 19.8. The lowest BCUT2D eigenvalue weighted by Crippen LogP contribution is -2.41. The summed E-state index contributed by atoms with van der Waals surface area (Å²) < 4.78 is 10.6. The van der Waals surface area contributed by atoms with Crippen LogP contribution in [0.15, 0.2) is 23.2 Å². The highest BCUT2D eigenvalue weighted by Crippen LogP contribution is 2.26. The van der Waals surface area contributed by atoms with Crippen LogP contribution >= 0.6 is 24.0 Å². The lowest BCUT2D eigenvalue weighted by molar-refractivity contribution is 0.114. The molecule has 1 fully saturated rings. The second-order valence-corrected chi connectivity index (χ2v) is 5.22. The van der Waals surface area contributed by atoms with Gasteiger partial charge in [-0.2, -0.15) is 0 Å². The summed E-state index contributed by atoms with van der Waals surface area (Å²) in [6.07, 6.45) is 2.50. The Bertz CT molecular complexity index is 505. The van der Waals surface area contributed by atoms with Crippen LogP contribution in [-0.2, 0) is 11.3 Å². The van der Waals surface area contributed by atoms with Crippen molar-refractivity contribution < 1.29 is 14.6 Å². The maximum atomic E-state index is 9.79. The Labute approximate surface area is 154 Å². The summed E-state index contributed by atoms with van der Waals surface area (Å²) in [4.78, 5) is 4.53. The first-order chi connectivity index (χ1) is 10.7. The molecule has 0 amide bonds. The van der Waals surface area contributed by atoms with Gasteiger partial charge in [-0.05, 0) is 37.5 Å². The zero-order valence-electron chi connectivity index (χ0n) is 13.7. The van der Waals surface area contributed by atoms with E-state index < -0.39 is 0 Å². The van der Waals surface area contributed by atoms with Crippen LogP contribution in [0.1, 0.15) is 25.3 Å². The largest absolute Gasteiger partial charge is 0.504 e. The smallest absolute Gasteiger partial charge is 0.191 e. The molecule has 1 aliphatic rings. The van der Waals surface area contributed by atoms with Crippen molar-refractivity contribution in [2.24, 2.45) is 4.99 Å². The van der Waals surface area contributed by atoms with Crippen molar-refractivity contribution in [3.8, 4) is 11.5 Å². The summed E-state index contributed by atoms with van der Waals surface area (Å²) in [6.45, 7) is 4.93. The van der Waals surface area contributed by atoms with Gasteiger partial charge in [0.15, 0.2) is 17.5 Å². The SMILES string of the molecule is CCNC(=NCc1ccc(OC)c(O)c1)NCC1CCCO1.I. The lowest BCUT2D eigenvalue weighted by Gasteiger charge is -2.14. The zero-order valence-corrected chi connectivity index (χ0v) is 16.0. The molecule has 6 nitrogen and oxygen atoms in total. The molecule has 7 heteroatoms. The highest BCUT2D eigenvalue weighted by molar-refractivity contribution is 14.0. The number of rotatable bonds is 6. The molecule has 1 aromatic rings. The van der Waals surface area contributed by atoms with Crippen LogP contribution in [0.5, 0.6) is 11.5 Å². The van der Waals surface area contributed by atoms with Crippen LogP contribution in [0, 0.1) is 0 Å². The fraction of sp³-hybridized carbons (Fsp3) is 0.562. The molecular weight excluding hydrogens is 409 g/mol. The van der Waals surface area contributed by atoms with Crippen LogP contribution in [0.25, 0.3) is 0 Å². The van der Waals surface area contributed by atoms with Gasteiger partial charge in [0.1, 0.15) is 0 Å². The molecule has 0 saturated carbocycles. The third-order valence-corrected chi connectivity index (χ3v) is 3.53. The number of phenolic OH excluding ortho intramolecular Hbond substituents is 1. The lowest BCUT2D eigenvalue weighted by atomic mass is 10.2.